The first-order chi connectivity index (χ1) is 14.0. The molecule has 0 aliphatic rings. The molecule has 0 unspecified atom stereocenters. The number of hydrogen-bond donors (Lipinski definition) is 2. The summed E-state index contributed by atoms with van der Waals surface area (Å²) in [7, 11) is 1.38. The number of benzene rings is 2. The van der Waals surface area contributed by atoms with E-state index in [4.69, 9.17) is 17.0 Å². The average molecular weight is 415 g/mol. The number of H-pyrrole nitrogens is 1. The number of hydrogen-bond acceptors (Lipinski definition) is 4. The summed E-state index contributed by atoms with van der Waals surface area (Å²) in [6.45, 7) is 0.490. The van der Waals surface area contributed by atoms with Gasteiger partial charge in [-0.25, -0.2) is 4.39 Å². The zero-order valence-corrected chi connectivity index (χ0v) is 16.9. The maximum atomic E-state index is 13.7. The highest BCUT2D eigenvalue weighted by Gasteiger charge is 2.08. The number of rotatable bonds is 8. The lowest BCUT2D eigenvalue weighted by molar-refractivity contribution is -0.116. The molecule has 29 heavy (non-hydrogen) atoms. The van der Waals surface area contributed by atoms with E-state index in [9.17, 15) is 14.0 Å². The first-order valence-electron chi connectivity index (χ1n) is 9.35. The van der Waals surface area contributed by atoms with E-state index in [0.717, 1.165) is 18.4 Å². The Morgan fingerprint density at radius 3 is 2.76 bits per heavy atom. The molecule has 1 heterocycles. The van der Waals surface area contributed by atoms with Gasteiger partial charge in [0.05, 0.1) is 18.0 Å². The molecule has 6 nitrogen and oxygen atoms in total. The summed E-state index contributed by atoms with van der Waals surface area (Å²) < 4.78 is 20.5. The summed E-state index contributed by atoms with van der Waals surface area (Å²) in [6.07, 6.45) is 2.45. The molecule has 0 spiro atoms. The third-order valence-electron chi connectivity index (χ3n) is 4.61. The molecule has 1 aromatic heterocycles. The third kappa shape index (κ3) is 5.08. The van der Waals surface area contributed by atoms with Gasteiger partial charge in [0.1, 0.15) is 0 Å². The van der Waals surface area contributed by atoms with E-state index in [1.54, 1.807) is 16.7 Å². The Kier molecular flexibility index (Phi) is 6.77. The number of unbranched alkanes of at least 4 members (excludes halogenated alkanes) is 2. The largest absolute Gasteiger partial charge is 0.494 e. The highest BCUT2D eigenvalue weighted by atomic mass is 32.1. The van der Waals surface area contributed by atoms with Gasteiger partial charge in [-0.3, -0.25) is 14.2 Å². The van der Waals surface area contributed by atoms with E-state index < -0.39 is 5.82 Å². The van der Waals surface area contributed by atoms with E-state index in [1.165, 1.54) is 19.2 Å². The van der Waals surface area contributed by atoms with Crippen molar-refractivity contribution in [3.05, 3.63) is 63.4 Å². The fourth-order valence-electron chi connectivity index (χ4n) is 3.10. The highest BCUT2D eigenvalue weighted by Crippen LogP contribution is 2.20. The van der Waals surface area contributed by atoms with Gasteiger partial charge in [-0.15, -0.1) is 0 Å². The second-order valence-corrected chi connectivity index (χ2v) is 7.03. The zero-order valence-electron chi connectivity index (χ0n) is 16.0. The fourth-order valence-corrected chi connectivity index (χ4v) is 3.39. The van der Waals surface area contributed by atoms with Crippen molar-refractivity contribution in [2.24, 2.45) is 0 Å². The number of amides is 1. The quantitative estimate of drug-likeness (QED) is 0.422. The molecule has 8 heteroatoms. The number of methoxy groups -OCH3 is 1. The van der Waals surface area contributed by atoms with Gasteiger partial charge in [0.2, 0.25) is 5.91 Å². The zero-order chi connectivity index (χ0) is 20.8. The molecule has 152 valence electrons. The number of fused-ring (bicyclic) bond motifs is 1. The number of ether oxygens (including phenoxy) is 1. The van der Waals surface area contributed by atoms with Crippen molar-refractivity contribution in [1.29, 1.82) is 0 Å². The maximum absolute atomic E-state index is 13.7. The van der Waals surface area contributed by atoms with Crippen LogP contribution in [0.2, 0.25) is 0 Å². The van der Waals surface area contributed by atoms with Crippen molar-refractivity contribution in [1.82, 2.24) is 9.55 Å². The van der Waals surface area contributed by atoms with Crippen LogP contribution in [0.5, 0.6) is 5.75 Å². The van der Waals surface area contributed by atoms with Gasteiger partial charge < -0.3 is 15.0 Å². The number of carbonyl (C=O) groups is 1. The molecule has 0 saturated carbocycles. The Bertz CT molecular complexity index is 1140. The molecule has 0 atom stereocenters. The van der Waals surface area contributed by atoms with Crippen LogP contribution in [0.25, 0.3) is 10.9 Å². The minimum absolute atomic E-state index is 0.108. The van der Waals surface area contributed by atoms with Gasteiger partial charge in [-0.05, 0) is 49.3 Å². The molecule has 3 aromatic rings. The minimum Gasteiger partial charge on any atom is -0.494 e. The summed E-state index contributed by atoms with van der Waals surface area (Å²) in [5, 5.41) is 3.27. The number of nitrogens with zero attached hydrogens (tertiary/aromatic N) is 1. The third-order valence-corrected chi connectivity index (χ3v) is 4.93. The monoisotopic (exact) mass is 415 g/mol. The Balaban J connectivity index is 1.48. The Hall–Kier alpha value is -3.00. The molecule has 0 aliphatic heterocycles. The Morgan fingerprint density at radius 1 is 1.21 bits per heavy atom. The predicted molar refractivity (Wildman–Crippen MR) is 113 cm³/mol. The lowest BCUT2D eigenvalue weighted by Crippen LogP contribution is -2.22. The first kappa shape index (κ1) is 20.7. The van der Waals surface area contributed by atoms with E-state index in [0.29, 0.717) is 35.2 Å². The second-order valence-electron chi connectivity index (χ2n) is 6.64. The van der Waals surface area contributed by atoms with Gasteiger partial charge in [0, 0.05) is 24.7 Å². The van der Waals surface area contributed by atoms with Gasteiger partial charge in [0.25, 0.3) is 5.56 Å². The standard InChI is InChI=1S/C21H22FN3O3S/c1-28-18-11-10-14(13-16(18)22)23-19(26)9-3-2-6-12-25-20(27)15-7-4-5-8-17(15)24-21(25)29/h4-5,7-8,10-11,13H,2-3,6,9,12H2,1H3,(H,23,26)(H,24,29). The highest BCUT2D eigenvalue weighted by molar-refractivity contribution is 7.71. The lowest BCUT2D eigenvalue weighted by Gasteiger charge is -2.09. The van der Waals surface area contributed by atoms with Crippen LogP contribution in [0.15, 0.2) is 47.3 Å². The predicted octanol–water partition coefficient (Wildman–Crippen LogP) is 4.41. The molecule has 2 aromatic carbocycles. The van der Waals surface area contributed by atoms with Crippen molar-refractivity contribution in [3.8, 4) is 5.75 Å². The average Bonchev–Trinajstić information content (AvgIpc) is 2.70. The molecule has 0 saturated heterocycles. The van der Waals surface area contributed by atoms with E-state index >= 15 is 0 Å². The number of carbonyl (C=O) groups excluding carboxylic acids is 1. The number of aromatic nitrogens is 2. The number of nitrogens with one attached hydrogen (secondary N) is 2. The van der Waals surface area contributed by atoms with Crippen LogP contribution in [0.1, 0.15) is 25.7 Å². The summed E-state index contributed by atoms with van der Waals surface area (Å²) in [5.41, 5.74) is 1.01. The van der Waals surface area contributed by atoms with E-state index in [2.05, 4.69) is 10.3 Å². The molecule has 2 N–H and O–H groups in total. The Morgan fingerprint density at radius 2 is 2.00 bits per heavy atom. The topological polar surface area (TPSA) is 76.1 Å². The minimum atomic E-state index is -0.525. The van der Waals surface area contributed by atoms with Gasteiger partial charge >= 0.3 is 0 Å². The summed E-state index contributed by atoms with van der Waals surface area (Å²) in [4.78, 5) is 27.7. The van der Waals surface area contributed by atoms with Crippen LogP contribution in [0, 0.1) is 10.6 Å². The van der Waals surface area contributed by atoms with Gasteiger partial charge in [-0.2, -0.15) is 0 Å². The number of para-hydroxylation sites is 1. The van der Waals surface area contributed by atoms with Crippen molar-refractivity contribution >= 4 is 34.7 Å². The van der Waals surface area contributed by atoms with Crippen LogP contribution in [0.4, 0.5) is 10.1 Å². The molecule has 1 amide bonds. The van der Waals surface area contributed by atoms with Crippen LogP contribution < -0.4 is 15.6 Å². The molecule has 0 bridgehead atoms. The summed E-state index contributed by atoms with van der Waals surface area (Å²) >= 11 is 5.29. The number of halogens is 1. The van der Waals surface area contributed by atoms with Crippen LogP contribution in [-0.2, 0) is 11.3 Å². The van der Waals surface area contributed by atoms with Gasteiger partial charge in [0.15, 0.2) is 16.3 Å². The summed E-state index contributed by atoms with van der Waals surface area (Å²) in [5.74, 6) is -0.581. The lowest BCUT2D eigenvalue weighted by atomic mass is 10.1. The van der Waals surface area contributed by atoms with E-state index in [1.807, 2.05) is 18.2 Å². The van der Waals surface area contributed by atoms with Crippen molar-refractivity contribution < 1.29 is 13.9 Å². The Labute approximate surface area is 172 Å². The van der Waals surface area contributed by atoms with Crippen molar-refractivity contribution in [2.45, 2.75) is 32.2 Å². The molecule has 3 rings (SSSR count). The van der Waals surface area contributed by atoms with Crippen molar-refractivity contribution in [2.75, 3.05) is 12.4 Å². The molecule has 0 fully saturated rings. The van der Waals surface area contributed by atoms with E-state index in [-0.39, 0.29) is 17.2 Å². The molecular weight excluding hydrogens is 393 g/mol. The second kappa shape index (κ2) is 9.47. The van der Waals surface area contributed by atoms with Crippen LogP contribution >= 0.6 is 12.2 Å². The number of aromatic amines is 1. The fraction of sp³-hybridized carbons (Fsp3) is 0.286. The summed E-state index contributed by atoms with van der Waals surface area (Å²) in [6, 6.07) is 11.5. The smallest absolute Gasteiger partial charge is 0.262 e. The molecular formula is C21H22FN3O3S. The number of anilines is 1. The van der Waals surface area contributed by atoms with Crippen LogP contribution in [0.3, 0.4) is 0 Å². The maximum Gasteiger partial charge on any atom is 0.262 e. The SMILES string of the molecule is COc1ccc(NC(=O)CCCCCn2c(=S)[nH]c3ccccc3c2=O)cc1F. The van der Waals surface area contributed by atoms with Crippen molar-refractivity contribution in [3.63, 3.8) is 0 Å². The molecule has 0 radical (unpaired) electrons. The normalized spacial score (nSPS) is 10.8. The molecule has 0 aliphatic carbocycles. The van der Waals surface area contributed by atoms with Crippen LogP contribution in [-0.4, -0.2) is 22.6 Å². The van der Waals surface area contributed by atoms with Gasteiger partial charge in [-0.1, -0.05) is 18.6 Å². The first-order valence-corrected chi connectivity index (χ1v) is 9.75.